The third-order valence-corrected chi connectivity index (χ3v) is 4.09. The summed E-state index contributed by atoms with van der Waals surface area (Å²) in [6.07, 6.45) is 1.49. The second kappa shape index (κ2) is 2.17. The normalized spacial score (nSPS) is 27.3. The summed E-state index contributed by atoms with van der Waals surface area (Å²) in [6.45, 7) is 6.00. The fourth-order valence-electron chi connectivity index (χ4n) is 1.25. The summed E-state index contributed by atoms with van der Waals surface area (Å²) in [7, 11) is -1.65. The van der Waals surface area contributed by atoms with Crippen LogP contribution in [0.3, 0.4) is 0 Å². The van der Waals surface area contributed by atoms with Crippen LogP contribution in [0.1, 0.15) is 0 Å². The minimum Gasteiger partial charge on any atom is -0.262 e. The summed E-state index contributed by atoms with van der Waals surface area (Å²) in [5.74, 6) is 0. The van der Waals surface area contributed by atoms with Crippen molar-refractivity contribution in [3.8, 4) is 6.07 Å². The van der Waals surface area contributed by atoms with E-state index in [0.29, 0.717) is 0 Å². The number of hydrogen-bond acceptors (Lipinski definition) is 3. The van der Waals surface area contributed by atoms with Crippen molar-refractivity contribution in [1.82, 2.24) is 0 Å². The SMILES string of the molecule is C[Si](C)(C)C1=CC1(C#N)[N+](=O)[O-]. The van der Waals surface area contributed by atoms with Gasteiger partial charge in [-0.2, -0.15) is 5.26 Å². The van der Waals surface area contributed by atoms with Crippen LogP contribution in [0.5, 0.6) is 0 Å². The van der Waals surface area contributed by atoms with E-state index in [1.54, 1.807) is 6.07 Å². The van der Waals surface area contributed by atoms with Crippen LogP contribution in [-0.2, 0) is 0 Å². The minimum atomic E-state index is -1.65. The Kier molecular flexibility index (Phi) is 1.62. The van der Waals surface area contributed by atoms with Gasteiger partial charge in [-0.1, -0.05) is 19.6 Å². The fourth-order valence-corrected chi connectivity index (χ4v) is 3.18. The Morgan fingerprint density at radius 1 is 1.67 bits per heavy atom. The third kappa shape index (κ3) is 1.04. The molecule has 0 aliphatic heterocycles. The Morgan fingerprint density at radius 3 is 2.25 bits per heavy atom. The molecular formula is C7H10N2O2Si. The Bertz CT molecular complexity index is 310. The highest BCUT2D eigenvalue weighted by Gasteiger charge is 2.61. The van der Waals surface area contributed by atoms with E-state index in [2.05, 4.69) is 0 Å². The van der Waals surface area contributed by atoms with Gasteiger partial charge in [-0.05, 0) is 0 Å². The first-order valence-electron chi connectivity index (χ1n) is 3.64. The summed E-state index contributed by atoms with van der Waals surface area (Å²) >= 11 is 0. The number of nitrogens with zero attached hydrogens (tertiary/aromatic N) is 2. The van der Waals surface area contributed by atoms with Crippen molar-refractivity contribution in [2.45, 2.75) is 25.2 Å². The van der Waals surface area contributed by atoms with E-state index in [1.165, 1.54) is 6.08 Å². The van der Waals surface area contributed by atoms with E-state index in [1.807, 2.05) is 19.6 Å². The van der Waals surface area contributed by atoms with Gasteiger partial charge in [0, 0.05) is 11.3 Å². The Labute approximate surface area is 71.7 Å². The Balaban J connectivity index is 2.89. The first-order valence-corrected chi connectivity index (χ1v) is 7.14. The van der Waals surface area contributed by atoms with Crippen LogP contribution in [0, 0.1) is 21.4 Å². The van der Waals surface area contributed by atoms with Crippen molar-refractivity contribution in [2.75, 3.05) is 0 Å². The molecule has 0 radical (unpaired) electrons. The first kappa shape index (κ1) is 8.94. The maximum Gasteiger partial charge on any atom is 0.342 e. The van der Waals surface area contributed by atoms with Crippen molar-refractivity contribution in [1.29, 1.82) is 5.26 Å². The van der Waals surface area contributed by atoms with Gasteiger partial charge in [-0.3, -0.25) is 10.1 Å². The van der Waals surface area contributed by atoms with Crippen LogP contribution in [0.15, 0.2) is 11.3 Å². The quantitative estimate of drug-likeness (QED) is 0.367. The van der Waals surface area contributed by atoms with Gasteiger partial charge in [-0.25, -0.2) is 0 Å². The molecule has 0 N–H and O–H groups in total. The lowest BCUT2D eigenvalue weighted by molar-refractivity contribution is -0.513. The molecule has 0 spiro atoms. The number of nitro groups is 1. The van der Waals surface area contributed by atoms with Crippen molar-refractivity contribution in [2.24, 2.45) is 0 Å². The molecule has 0 fully saturated rings. The highest BCUT2D eigenvalue weighted by atomic mass is 28.3. The monoisotopic (exact) mass is 182 g/mol. The summed E-state index contributed by atoms with van der Waals surface area (Å²) < 4.78 is 0. The van der Waals surface area contributed by atoms with Crippen LogP contribution < -0.4 is 0 Å². The largest absolute Gasteiger partial charge is 0.342 e. The molecule has 0 saturated heterocycles. The second-order valence-corrected chi connectivity index (χ2v) is 8.98. The molecule has 64 valence electrons. The van der Waals surface area contributed by atoms with E-state index in [-0.39, 0.29) is 0 Å². The Hall–Kier alpha value is -1.15. The predicted molar refractivity (Wildman–Crippen MR) is 46.8 cm³/mol. The van der Waals surface area contributed by atoms with E-state index >= 15 is 0 Å². The topological polar surface area (TPSA) is 66.9 Å². The van der Waals surface area contributed by atoms with Gasteiger partial charge in [0.25, 0.3) is 0 Å². The molecule has 0 saturated carbocycles. The molecule has 1 aliphatic rings. The summed E-state index contributed by atoms with van der Waals surface area (Å²) in [4.78, 5) is 10.0. The van der Waals surface area contributed by atoms with Gasteiger partial charge in [0.05, 0.1) is 13.0 Å². The zero-order valence-electron chi connectivity index (χ0n) is 7.29. The molecule has 1 aliphatic carbocycles. The van der Waals surface area contributed by atoms with Crippen LogP contribution in [0.4, 0.5) is 0 Å². The molecular weight excluding hydrogens is 172 g/mol. The van der Waals surface area contributed by atoms with Crippen LogP contribution in [0.2, 0.25) is 19.6 Å². The van der Waals surface area contributed by atoms with Crippen LogP contribution >= 0.6 is 0 Å². The van der Waals surface area contributed by atoms with Gasteiger partial charge in [0.1, 0.15) is 0 Å². The smallest absolute Gasteiger partial charge is 0.262 e. The summed E-state index contributed by atoms with van der Waals surface area (Å²) in [5.41, 5.74) is -1.43. The lowest BCUT2D eigenvalue weighted by Crippen LogP contribution is -2.33. The zero-order valence-corrected chi connectivity index (χ0v) is 8.29. The van der Waals surface area contributed by atoms with E-state index in [0.717, 1.165) is 5.20 Å². The molecule has 0 heterocycles. The molecule has 0 aromatic heterocycles. The molecule has 1 unspecified atom stereocenters. The average Bonchev–Trinajstić information content (AvgIpc) is 2.60. The molecule has 12 heavy (non-hydrogen) atoms. The van der Waals surface area contributed by atoms with E-state index in [4.69, 9.17) is 5.26 Å². The molecule has 0 aromatic carbocycles. The lowest BCUT2D eigenvalue weighted by atomic mass is 10.3. The van der Waals surface area contributed by atoms with Crippen molar-refractivity contribution >= 4 is 8.07 Å². The molecule has 5 heteroatoms. The van der Waals surface area contributed by atoms with Crippen molar-refractivity contribution < 1.29 is 4.92 Å². The standard InChI is InChI=1S/C7H10N2O2Si/c1-12(2,3)6-4-7(6,5-8)9(10)11/h4H,1-3H3. The molecule has 0 amide bonds. The van der Waals surface area contributed by atoms with Gasteiger partial charge in [0.15, 0.2) is 6.07 Å². The zero-order chi connectivity index (χ0) is 9.57. The molecule has 0 bridgehead atoms. The first-order chi connectivity index (χ1) is 5.34. The van der Waals surface area contributed by atoms with Crippen LogP contribution in [-0.4, -0.2) is 18.5 Å². The highest BCUT2D eigenvalue weighted by molar-refractivity contribution is 6.84. The summed E-state index contributed by atoms with van der Waals surface area (Å²) in [6, 6.07) is 1.75. The van der Waals surface area contributed by atoms with E-state index in [9.17, 15) is 10.1 Å². The van der Waals surface area contributed by atoms with Crippen LogP contribution in [0.25, 0.3) is 0 Å². The number of hydrogen-bond donors (Lipinski definition) is 0. The van der Waals surface area contributed by atoms with Gasteiger partial charge in [0.2, 0.25) is 0 Å². The molecule has 4 nitrogen and oxygen atoms in total. The third-order valence-electron chi connectivity index (χ3n) is 1.95. The van der Waals surface area contributed by atoms with Crippen molar-refractivity contribution in [3.63, 3.8) is 0 Å². The average molecular weight is 182 g/mol. The minimum absolute atomic E-state index is 0.499. The molecule has 1 atom stereocenters. The lowest BCUT2D eigenvalue weighted by Gasteiger charge is -2.12. The maximum absolute atomic E-state index is 10.5. The number of nitriles is 1. The van der Waals surface area contributed by atoms with E-state index < -0.39 is 18.5 Å². The van der Waals surface area contributed by atoms with Gasteiger partial charge >= 0.3 is 5.54 Å². The second-order valence-electron chi connectivity index (χ2n) is 3.94. The Morgan fingerprint density at radius 2 is 2.17 bits per heavy atom. The summed E-state index contributed by atoms with van der Waals surface area (Å²) in [5, 5.41) is 19.9. The van der Waals surface area contributed by atoms with Gasteiger partial charge < -0.3 is 0 Å². The fraction of sp³-hybridized carbons (Fsp3) is 0.571. The predicted octanol–water partition coefficient (Wildman–Crippen LogP) is 1.34. The highest BCUT2D eigenvalue weighted by Crippen LogP contribution is 2.43. The van der Waals surface area contributed by atoms with Crippen molar-refractivity contribution in [3.05, 3.63) is 21.4 Å². The number of rotatable bonds is 2. The maximum atomic E-state index is 10.5. The molecule has 0 aromatic rings. The molecule has 1 rings (SSSR count). The van der Waals surface area contributed by atoms with Gasteiger partial charge in [-0.15, -0.1) is 0 Å².